The lowest BCUT2D eigenvalue weighted by atomic mass is 10.1. The predicted octanol–water partition coefficient (Wildman–Crippen LogP) is 4.31. The van der Waals surface area contributed by atoms with Gasteiger partial charge in [0.1, 0.15) is 5.75 Å². The monoisotopic (exact) mass is 529 g/mol. The molecular weight excluding hydrogens is 502 g/mol. The van der Waals surface area contributed by atoms with Gasteiger partial charge in [0.2, 0.25) is 15.9 Å². The minimum atomic E-state index is -3.87. The standard InChI is InChI=1S/C29H27N3O5S/c1-31(38(35,36)26-14-10-20-5-3-4-6-23(20)17-26)19-28(33)30-24-11-7-21-15-16-32(27(21)18-24)29(34)22-8-12-25(37-2)13-9-22/h3-14,17-18H,15-16,19H2,1-2H3,(H,30,33). The van der Waals surface area contributed by atoms with Gasteiger partial charge in [0.15, 0.2) is 0 Å². The lowest BCUT2D eigenvalue weighted by Crippen LogP contribution is -2.35. The third-order valence-corrected chi connectivity index (χ3v) is 8.44. The van der Waals surface area contributed by atoms with Crippen LogP contribution in [0, 0.1) is 0 Å². The Hall–Kier alpha value is -4.21. The van der Waals surface area contributed by atoms with E-state index in [0.29, 0.717) is 30.0 Å². The Morgan fingerprint density at radius 2 is 1.68 bits per heavy atom. The molecule has 0 bridgehead atoms. The highest BCUT2D eigenvalue weighted by Crippen LogP contribution is 2.32. The summed E-state index contributed by atoms with van der Waals surface area (Å²) in [7, 11) is -0.926. The zero-order valence-corrected chi connectivity index (χ0v) is 21.9. The van der Waals surface area contributed by atoms with Crippen LogP contribution in [0.3, 0.4) is 0 Å². The summed E-state index contributed by atoms with van der Waals surface area (Å²) in [5.41, 5.74) is 2.75. The predicted molar refractivity (Wildman–Crippen MR) is 147 cm³/mol. The van der Waals surface area contributed by atoms with Gasteiger partial charge >= 0.3 is 0 Å². The lowest BCUT2D eigenvalue weighted by molar-refractivity contribution is -0.116. The number of benzene rings is 4. The summed E-state index contributed by atoms with van der Waals surface area (Å²) in [6, 6.07) is 24.7. The van der Waals surface area contributed by atoms with Crippen LogP contribution in [-0.4, -0.2) is 51.8 Å². The number of nitrogens with zero attached hydrogens (tertiary/aromatic N) is 2. The van der Waals surface area contributed by atoms with Gasteiger partial charge in [-0.15, -0.1) is 0 Å². The van der Waals surface area contributed by atoms with Gasteiger partial charge in [-0.1, -0.05) is 36.4 Å². The molecule has 1 aliphatic rings. The second-order valence-electron chi connectivity index (χ2n) is 9.10. The Kier molecular flexibility index (Phi) is 6.88. The molecule has 0 radical (unpaired) electrons. The second-order valence-corrected chi connectivity index (χ2v) is 11.1. The fourth-order valence-corrected chi connectivity index (χ4v) is 5.72. The van der Waals surface area contributed by atoms with Gasteiger partial charge in [-0.05, 0) is 71.3 Å². The Morgan fingerprint density at radius 1 is 0.947 bits per heavy atom. The maximum atomic E-state index is 13.1. The Bertz CT molecular complexity index is 1630. The van der Waals surface area contributed by atoms with E-state index < -0.39 is 15.9 Å². The van der Waals surface area contributed by atoms with Crippen LogP contribution in [0.15, 0.2) is 89.8 Å². The number of sulfonamides is 1. The number of hydrogen-bond acceptors (Lipinski definition) is 5. The molecule has 0 spiro atoms. The number of ether oxygens (including phenoxy) is 1. The molecule has 1 heterocycles. The first-order chi connectivity index (χ1) is 18.3. The molecule has 0 atom stereocenters. The van der Waals surface area contributed by atoms with Gasteiger partial charge < -0.3 is 15.0 Å². The fraction of sp³-hybridized carbons (Fsp3) is 0.172. The molecule has 0 aliphatic carbocycles. The van der Waals surface area contributed by atoms with E-state index in [1.54, 1.807) is 66.6 Å². The third-order valence-electron chi connectivity index (χ3n) is 6.64. The maximum absolute atomic E-state index is 13.1. The van der Waals surface area contributed by atoms with Gasteiger partial charge in [-0.25, -0.2) is 8.42 Å². The molecule has 0 saturated heterocycles. The van der Waals surface area contributed by atoms with Crippen molar-refractivity contribution in [3.05, 3.63) is 96.1 Å². The molecular formula is C29H27N3O5S. The second kappa shape index (κ2) is 10.3. The van der Waals surface area contributed by atoms with E-state index in [0.717, 1.165) is 26.3 Å². The zero-order chi connectivity index (χ0) is 26.9. The molecule has 9 heteroatoms. The molecule has 194 valence electrons. The van der Waals surface area contributed by atoms with E-state index in [2.05, 4.69) is 5.32 Å². The Labute approximate surface area is 221 Å². The van der Waals surface area contributed by atoms with Crippen LogP contribution >= 0.6 is 0 Å². The summed E-state index contributed by atoms with van der Waals surface area (Å²) in [6.07, 6.45) is 0.707. The van der Waals surface area contributed by atoms with Crippen LogP contribution < -0.4 is 15.0 Å². The number of hydrogen-bond donors (Lipinski definition) is 1. The van der Waals surface area contributed by atoms with Crippen molar-refractivity contribution in [3.63, 3.8) is 0 Å². The molecule has 0 fully saturated rings. The van der Waals surface area contributed by atoms with Crippen LogP contribution in [0.25, 0.3) is 10.8 Å². The summed E-state index contributed by atoms with van der Waals surface area (Å²) >= 11 is 0. The van der Waals surface area contributed by atoms with Crippen molar-refractivity contribution in [1.82, 2.24) is 4.31 Å². The number of amides is 2. The van der Waals surface area contributed by atoms with Crippen molar-refractivity contribution in [2.24, 2.45) is 0 Å². The molecule has 2 amide bonds. The number of carbonyl (C=O) groups is 2. The molecule has 0 saturated carbocycles. The molecule has 8 nitrogen and oxygen atoms in total. The molecule has 1 N–H and O–H groups in total. The van der Waals surface area contributed by atoms with Gasteiger partial charge in [-0.3, -0.25) is 9.59 Å². The minimum absolute atomic E-state index is 0.122. The van der Waals surface area contributed by atoms with Gasteiger partial charge in [0, 0.05) is 30.5 Å². The molecule has 5 rings (SSSR count). The van der Waals surface area contributed by atoms with E-state index in [9.17, 15) is 18.0 Å². The van der Waals surface area contributed by atoms with Crippen molar-refractivity contribution >= 4 is 44.0 Å². The number of methoxy groups -OCH3 is 1. The van der Waals surface area contributed by atoms with Crippen molar-refractivity contribution in [2.45, 2.75) is 11.3 Å². The van der Waals surface area contributed by atoms with Crippen LogP contribution in [0.1, 0.15) is 15.9 Å². The maximum Gasteiger partial charge on any atom is 0.258 e. The first-order valence-electron chi connectivity index (χ1n) is 12.1. The SMILES string of the molecule is COc1ccc(C(=O)N2CCc3ccc(NC(=O)CN(C)S(=O)(=O)c4ccc5ccccc5c4)cc32)cc1. The topological polar surface area (TPSA) is 96.0 Å². The summed E-state index contributed by atoms with van der Waals surface area (Å²) in [5.74, 6) is 0.0416. The van der Waals surface area contributed by atoms with Crippen molar-refractivity contribution in [3.8, 4) is 5.75 Å². The van der Waals surface area contributed by atoms with Gasteiger partial charge in [0.05, 0.1) is 18.6 Å². The van der Waals surface area contributed by atoms with Crippen LogP contribution in [0.5, 0.6) is 5.75 Å². The molecule has 4 aromatic rings. The summed E-state index contributed by atoms with van der Waals surface area (Å²) in [4.78, 5) is 27.7. The molecule has 0 unspecified atom stereocenters. The smallest absolute Gasteiger partial charge is 0.258 e. The van der Waals surface area contributed by atoms with E-state index in [4.69, 9.17) is 4.74 Å². The summed E-state index contributed by atoms with van der Waals surface area (Å²) in [5, 5.41) is 4.51. The normalized spacial score (nSPS) is 13.0. The number of anilines is 2. The number of rotatable bonds is 7. The van der Waals surface area contributed by atoms with Crippen LogP contribution in [0.2, 0.25) is 0 Å². The van der Waals surface area contributed by atoms with Gasteiger partial charge in [-0.2, -0.15) is 4.31 Å². The highest BCUT2D eigenvalue weighted by Gasteiger charge is 2.27. The highest BCUT2D eigenvalue weighted by molar-refractivity contribution is 7.89. The lowest BCUT2D eigenvalue weighted by Gasteiger charge is -2.19. The fourth-order valence-electron chi connectivity index (χ4n) is 4.55. The number of carbonyl (C=O) groups excluding carboxylic acids is 2. The van der Waals surface area contributed by atoms with E-state index in [1.165, 1.54) is 7.05 Å². The quantitative estimate of drug-likeness (QED) is 0.385. The minimum Gasteiger partial charge on any atom is -0.497 e. The van der Waals surface area contributed by atoms with Crippen molar-refractivity contribution in [1.29, 1.82) is 0 Å². The van der Waals surface area contributed by atoms with E-state index in [1.807, 2.05) is 30.3 Å². The first kappa shape index (κ1) is 25.4. The van der Waals surface area contributed by atoms with Crippen LogP contribution in [-0.2, 0) is 21.2 Å². The van der Waals surface area contributed by atoms with E-state index in [-0.39, 0.29) is 17.3 Å². The summed E-state index contributed by atoms with van der Waals surface area (Å²) in [6.45, 7) is 0.172. The third kappa shape index (κ3) is 4.98. The van der Waals surface area contributed by atoms with Crippen LogP contribution in [0.4, 0.5) is 11.4 Å². The zero-order valence-electron chi connectivity index (χ0n) is 21.0. The largest absolute Gasteiger partial charge is 0.497 e. The average Bonchev–Trinajstić information content (AvgIpc) is 3.35. The molecule has 1 aliphatic heterocycles. The van der Waals surface area contributed by atoms with E-state index >= 15 is 0 Å². The Balaban J connectivity index is 1.28. The van der Waals surface area contributed by atoms with Gasteiger partial charge in [0.25, 0.3) is 5.91 Å². The molecule has 0 aromatic heterocycles. The van der Waals surface area contributed by atoms with Crippen molar-refractivity contribution in [2.75, 3.05) is 37.5 Å². The number of nitrogens with one attached hydrogen (secondary N) is 1. The molecule has 4 aromatic carbocycles. The first-order valence-corrected chi connectivity index (χ1v) is 13.5. The molecule has 38 heavy (non-hydrogen) atoms. The van der Waals surface area contributed by atoms with Crippen molar-refractivity contribution < 1.29 is 22.7 Å². The highest BCUT2D eigenvalue weighted by atomic mass is 32.2. The Morgan fingerprint density at radius 3 is 2.42 bits per heavy atom. The number of likely N-dealkylation sites (N-methyl/N-ethyl adjacent to an activating group) is 1. The summed E-state index contributed by atoms with van der Waals surface area (Å²) < 4.78 is 32.4. The average molecular weight is 530 g/mol. The number of fused-ring (bicyclic) bond motifs is 2.